The van der Waals surface area contributed by atoms with Crippen LogP contribution in [0.2, 0.25) is 0 Å². The fourth-order valence-electron chi connectivity index (χ4n) is 0.606. The van der Waals surface area contributed by atoms with Gasteiger partial charge in [0.25, 0.3) is 0 Å². The Bertz CT molecular complexity index is 378. The zero-order valence-corrected chi connectivity index (χ0v) is 6.68. The maximum absolute atomic E-state index is 7.95. The second kappa shape index (κ2) is 4.59. The van der Waals surface area contributed by atoms with Gasteiger partial charge in [0.1, 0.15) is 11.5 Å². The van der Waals surface area contributed by atoms with E-state index in [0.717, 1.165) is 0 Å². The van der Waals surface area contributed by atoms with Gasteiger partial charge >= 0.3 is 0 Å². The van der Waals surface area contributed by atoms with Gasteiger partial charge in [-0.3, -0.25) is 0 Å². The molecule has 1 aromatic rings. The quantitative estimate of drug-likeness (QED) is 0.293. The molecule has 6 nitrogen and oxygen atoms in total. The Morgan fingerprint density at radius 2 is 2.38 bits per heavy atom. The lowest BCUT2D eigenvalue weighted by Gasteiger charge is -1.88. The van der Waals surface area contributed by atoms with Crippen molar-refractivity contribution >= 4 is 5.82 Å². The molecule has 0 bridgehead atoms. The molecule has 2 N–H and O–H groups in total. The average molecular weight is 174 g/mol. The Balaban J connectivity index is 2.66. The van der Waals surface area contributed by atoms with Gasteiger partial charge in [0.2, 0.25) is 0 Å². The number of aromatic nitrogens is 2. The minimum Gasteiger partial charge on any atom is -0.382 e. The summed E-state index contributed by atoms with van der Waals surface area (Å²) in [4.78, 5) is 2.55. The number of anilines is 1. The van der Waals surface area contributed by atoms with Crippen LogP contribution in [0.25, 0.3) is 10.4 Å². The monoisotopic (exact) mass is 174 g/mol. The van der Waals surface area contributed by atoms with Gasteiger partial charge in [0.05, 0.1) is 6.54 Å². The highest BCUT2D eigenvalue weighted by atomic mass is 15.1. The van der Waals surface area contributed by atoms with Crippen molar-refractivity contribution in [1.82, 2.24) is 10.2 Å². The molecule has 1 rings (SSSR count). The van der Waals surface area contributed by atoms with Crippen LogP contribution in [0.3, 0.4) is 0 Å². The van der Waals surface area contributed by atoms with E-state index in [1.807, 2.05) is 0 Å². The van der Waals surface area contributed by atoms with Crippen molar-refractivity contribution < 1.29 is 0 Å². The molecule has 0 spiro atoms. The van der Waals surface area contributed by atoms with Crippen LogP contribution in [0.4, 0.5) is 5.82 Å². The molecule has 1 aromatic heterocycles. The Hall–Kier alpha value is -2.25. The third kappa shape index (κ3) is 3.10. The van der Waals surface area contributed by atoms with E-state index in [2.05, 4.69) is 32.1 Å². The molecular weight excluding hydrogens is 168 g/mol. The summed E-state index contributed by atoms with van der Waals surface area (Å²) < 4.78 is 0. The van der Waals surface area contributed by atoms with Crippen LogP contribution in [-0.4, -0.2) is 16.7 Å². The number of hydrogen-bond donors (Lipinski definition) is 1. The smallest absolute Gasteiger partial charge is 0.146 e. The van der Waals surface area contributed by atoms with E-state index in [1.165, 1.54) is 0 Å². The molecule has 0 aliphatic carbocycles. The average Bonchev–Trinajstić information content (AvgIpc) is 2.15. The molecule has 0 fully saturated rings. The van der Waals surface area contributed by atoms with Crippen molar-refractivity contribution in [2.45, 2.75) is 0 Å². The lowest BCUT2D eigenvalue weighted by atomic mass is 10.4. The third-order valence-corrected chi connectivity index (χ3v) is 1.11. The predicted molar refractivity (Wildman–Crippen MR) is 47.3 cm³/mol. The normalized spacial score (nSPS) is 8.00. The lowest BCUT2D eigenvalue weighted by molar-refractivity contribution is 1.02. The van der Waals surface area contributed by atoms with E-state index in [-0.39, 0.29) is 6.54 Å². The zero-order valence-electron chi connectivity index (χ0n) is 6.68. The Labute approximate surface area is 74.4 Å². The van der Waals surface area contributed by atoms with E-state index in [0.29, 0.717) is 11.5 Å². The summed E-state index contributed by atoms with van der Waals surface area (Å²) in [5.74, 6) is 5.62. The van der Waals surface area contributed by atoms with E-state index < -0.39 is 0 Å². The summed E-state index contributed by atoms with van der Waals surface area (Å²) in [6.07, 6.45) is 0. The van der Waals surface area contributed by atoms with E-state index >= 15 is 0 Å². The largest absolute Gasteiger partial charge is 0.382 e. The van der Waals surface area contributed by atoms with Gasteiger partial charge in [-0.1, -0.05) is 11.0 Å². The molecule has 13 heavy (non-hydrogen) atoms. The fourth-order valence-corrected chi connectivity index (χ4v) is 0.606. The number of nitrogen functional groups attached to an aromatic ring is 1. The number of nitrogens with zero attached hydrogens (tertiary/aromatic N) is 5. The Morgan fingerprint density at radius 1 is 1.54 bits per heavy atom. The van der Waals surface area contributed by atoms with Gasteiger partial charge in [0, 0.05) is 4.91 Å². The first-order valence-corrected chi connectivity index (χ1v) is 3.42. The summed E-state index contributed by atoms with van der Waals surface area (Å²) in [6, 6.07) is 3.25. The molecule has 0 aliphatic heterocycles. The van der Waals surface area contributed by atoms with Crippen molar-refractivity contribution in [2.75, 3.05) is 12.3 Å². The van der Waals surface area contributed by atoms with Crippen LogP contribution in [0, 0.1) is 11.8 Å². The zero-order chi connectivity index (χ0) is 9.52. The summed E-state index contributed by atoms with van der Waals surface area (Å²) >= 11 is 0. The van der Waals surface area contributed by atoms with Gasteiger partial charge in [-0.25, -0.2) is 0 Å². The topological polar surface area (TPSA) is 101 Å². The molecule has 0 atom stereocenters. The summed E-state index contributed by atoms with van der Waals surface area (Å²) in [5.41, 5.74) is 13.8. The van der Waals surface area contributed by atoms with Gasteiger partial charge < -0.3 is 5.73 Å². The first kappa shape index (κ1) is 8.84. The number of hydrogen-bond acceptors (Lipinski definition) is 4. The van der Waals surface area contributed by atoms with Gasteiger partial charge in [-0.2, -0.15) is 0 Å². The molecular formula is C7H6N6. The van der Waals surface area contributed by atoms with Gasteiger partial charge in [-0.15, -0.1) is 10.2 Å². The standard InChI is InChI=1S/C7H6N6/c8-7-4-3-6(11-12-7)2-1-5-10-13-9/h3-4H,5H2,(H2,8,12). The highest BCUT2D eigenvalue weighted by Crippen LogP contribution is 1.94. The van der Waals surface area contributed by atoms with E-state index in [4.69, 9.17) is 11.3 Å². The first-order chi connectivity index (χ1) is 6.33. The second-order valence-corrected chi connectivity index (χ2v) is 2.03. The molecule has 64 valence electrons. The molecule has 0 aliphatic rings. The number of azide groups is 1. The number of nitrogens with two attached hydrogens (primary N) is 1. The molecule has 0 unspecified atom stereocenters. The molecule has 0 saturated carbocycles. The summed E-state index contributed by atoms with van der Waals surface area (Å²) in [5, 5.41) is 10.5. The Morgan fingerprint density at radius 3 is 3.00 bits per heavy atom. The highest BCUT2D eigenvalue weighted by Gasteiger charge is 1.87. The van der Waals surface area contributed by atoms with Crippen molar-refractivity contribution in [3.8, 4) is 11.8 Å². The second-order valence-electron chi connectivity index (χ2n) is 2.03. The van der Waals surface area contributed by atoms with Crippen molar-refractivity contribution in [3.63, 3.8) is 0 Å². The van der Waals surface area contributed by atoms with Gasteiger partial charge in [-0.05, 0) is 23.6 Å². The van der Waals surface area contributed by atoms with Crippen LogP contribution >= 0.6 is 0 Å². The van der Waals surface area contributed by atoms with Gasteiger partial charge in [0.15, 0.2) is 0 Å². The molecule has 0 saturated heterocycles. The number of rotatable bonds is 1. The van der Waals surface area contributed by atoms with Crippen LogP contribution in [0.1, 0.15) is 5.69 Å². The molecule has 1 heterocycles. The molecule has 0 aromatic carbocycles. The summed E-state index contributed by atoms with van der Waals surface area (Å²) in [7, 11) is 0. The Kier molecular flexibility index (Phi) is 3.12. The van der Waals surface area contributed by atoms with E-state index in [1.54, 1.807) is 12.1 Å². The van der Waals surface area contributed by atoms with Crippen LogP contribution in [-0.2, 0) is 0 Å². The fraction of sp³-hybridized carbons (Fsp3) is 0.143. The maximum atomic E-state index is 7.95. The summed E-state index contributed by atoms with van der Waals surface area (Å²) in [6.45, 7) is 0.128. The van der Waals surface area contributed by atoms with Crippen molar-refractivity contribution in [3.05, 3.63) is 28.3 Å². The lowest BCUT2D eigenvalue weighted by Crippen LogP contribution is -1.93. The molecule has 6 heteroatoms. The third-order valence-electron chi connectivity index (χ3n) is 1.11. The van der Waals surface area contributed by atoms with Crippen LogP contribution < -0.4 is 5.73 Å². The first-order valence-electron chi connectivity index (χ1n) is 3.42. The van der Waals surface area contributed by atoms with Crippen LogP contribution in [0.15, 0.2) is 17.2 Å². The SMILES string of the molecule is [N-]=[N+]=NCC#Cc1ccc(N)nn1. The predicted octanol–water partition coefficient (Wildman–Crippen LogP) is 0.721. The highest BCUT2D eigenvalue weighted by molar-refractivity contribution is 5.32. The molecule has 0 amide bonds. The van der Waals surface area contributed by atoms with Crippen LogP contribution in [0.5, 0.6) is 0 Å². The van der Waals surface area contributed by atoms with Crippen molar-refractivity contribution in [2.24, 2.45) is 5.11 Å². The minimum absolute atomic E-state index is 0.128. The maximum Gasteiger partial charge on any atom is 0.146 e. The molecule has 0 radical (unpaired) electrons. The van der Waals surface area contributed by atoms with E-state index in [9.17, 15) is 0 Å². The minimum atomic E-state index is 0.128. The van der Waals surface area contributed by atoms with Crippen molar-refractivity contribution in [1.29, 1.82) is 0 Å².